The van der Waals surface area contributed by atoms with E-state index in [1.54, 1.807) is 18.3 Å². The molecule has 2 heterocycles. The molecule has 0 atom stereocenters. The Morgan fingerprint density at radius 2 is 1.94 bits per heavy atom. The van der Waals surface area contributed by atoms with Gasteiger partial charge in [-0.25, -0.2) is 9.97 Å². The van der Waals surface area contributed by atoms with Gasteiger partial charge >= 0.3 is 0 Å². The molecule has 0 aromatic carbocycles. The van der Waals surface area contributed by atoms with E-state index in [9.17, 15) is 0 Å². The van der Waals surface area contributed by atoms with E-state index < -0.39 is 0 Å². The lowest BCUT2D eigenvalue weighted by molar-refractivity contribution is 0.568. The first-order valence-corrected chi connectivity index (χ1v) is 5.36. The number of nitrogens with one attached hydrogen (secondary N) is 1. The summed E-state index contributed by atoms with van der Waals surface area (Å²) >= 11 is 0. The molecule has 0 aliphatic carbocycles. The lowest BCUT2D eigenvalue weighted by Gasteiger charge is -2.17. The fourth-order valence-corrected chi connectivity index (χ4v) is 1.41. The molecule has 3 N–H and O–H groups in total. The van der Waals surface area contributed by atoms with Crippen molar-refractivity contribution in [3.8, 4) is 0 Å². The Morgan fingerprint density at radius 1 is 1.24 bits per heavy atom. The van der Waals surface area contributed by atoms with Crippen LogP contribution in [0.5, 0.6) is 0 Å². The first-order valence-electron chi connectivity index (χ1n) is 5.36. The molecule has 5 heteroatoms. The van der Waals surface area contributed by atoms with E-state index in [2.05, 4.69) is 35.7 Å². The maximum Gasteiger partial charge on any atom is 0.179 e. The molecule has 0 bridgehead atoms. The molecule has 0 amide bonds. The predicted molar refractivity (Wildman–Crippen MR) is 67.0 cm³/mol. The summed E-state index contributed by atoms with van der Waals surface area (Å²) in [6.07, 6.45) is 1.76. The maximum absolute atomic E-state index is 7.35. The van der Waals surface area contributed by atoms with E-state index in [4.69, 9.17) is 11.1 Å². The van der Waals surface area contributed by atoms with Crippen molar-refractivity contribution < 1.29 is 0 Å². The third-order valence-electron chi connectivity index (χ3n) is 2.45. The van der Waals surface area contributed by atoms with Crippen molar-refractivity contribution in [2.45, 2.75) is 26.2 Å². The molecule has 0 aliphatic rings. The lowest BCUT2D eigenvalue weighted by atomic mass is 9.93. The van der Waals surface area contributed by atoms with Crippen molar-refractivity contribution in [2.75, 3.05) is 0 Å². The highest BCUT2D eigenvalue weighted by molar-refractivity contribution is 5.94. The van der Waals surface area contributed by atoms with Crippen molar-refractivity contribution in [2.24, 2.45) is 5.73 Å². The summed E-state index contributed by atoms with van der Waals surface area (Å²) in [5.74, 6) is -0.0603. The number of rotatable bonds is 1. The molecular formula is C12H15N5. The van der Waals surface area contributed by atoms with Crippen molar-refractivity contribution in [1.29, 1.82) is 5.41 Å². The van der Waals surface area contributed by atoms with E-state index >= 15 is 0 Å². The minimum Gasteiger partial charge on any atom is -0.382 e. The van der Waals surface area contributed by atoms with E-state index in [-0.39, 0.29) is 11.3 Å². The van der Waals surface area contributed by atoms with Gasteiger partial charge in [0.15, 0.2) is 5.65 Å². The van der Waals surface area contributed by atoms with E-state index in [1.807, 2.05) is 0 Å². The summed E-state index contributed by atoms with van der Waals surface area (Å²) in [6, 6.07) is 3.45. The second kappa shape index (κ2) is 3.76. The highest BCUT2D eigenvalue weighted by atomic mass is 14.9. The Hall–Kier alpha value is -2.04. The number of fused-ring (bicyclic) bond motifs is 1. The quantitative estimate of drug-likeness (QED) is 0.574. The van der Waals surface area contributed by atoms with Crippen LogP contribution in [0.15, 0.2) is 18.3 Å². The standard InChI is InChI=1S/C12H15N5/c1-12(2,3)9-6-15-8-5-4-7(10(13)14)16-11(8)17-9/h4-6H,1-3H3,(H3,13,14). The van der Waals surface area contributed by atoms with Gasteiger partial charge in [-0.05, 0) is 12.1 Å². The molecule has 2 rings (SSSR count). The number of hydrogen-bond acceptors (Lipinski definition) is 4. The Kier molecular flexibility index (Phi) is 2.53. The fraction of sp³-hybridized carbons (Fsp3) is 0.333. The van der Waals surface area contributed by atoms with Crippen LogP contribution in [0.1, 0.15) is 32.2 Å². The average molecular weight is 229 g/mol. The fourth-order valence-electron chi connectivity index (χ4n) is 1.41. The van der Waals surface area contributed by atoms with Crippen LogP contribution in [-0.4, -0.2) is 20.8 Å². The van der Waals surface area contributed by atoms with E-state index in [0.717, 1.165) is 5.69 Å². The molecule has 0 saturated heterocycles. The average Bonchev–Trinajstić information content (AvgIpc) is 2.26. The Labute approximate surface area is 99.6 Å². The van der Waals surface area contributed by atoms with E-state index in [0.29, 0.717) is 16.9 Å². The van der Waals surface area contributed by atoms with Gasteiger partial charge in [0.25, 0.3) is 0 Å². The number of pyridine rings is 1. The number of amidine groups is 1. The lowest BCUT2D eigenvalue weighted by Crippen LogP contribution is -2.16. The molecule has 0 saturated carbocycles. The van der Waals surface area contributed by atoms with Gasteiger partial charge in [-0.1, -0.05) is 20.8 Å². The first kappa shape index (κ1) is 11.4. The Bertz CT molecular complexity index is 583. The number of aromatic nitrogens is 3. The minimum absolute atomic E-state index is 0.0603. The first-order chi connectivity index (χ1) is 7.88. The van der Waals surface area contributed by atoms with Crippen LogP contribution < -0.4 is 5.73 Å². The van der Waals surface area contributed by atoms with Crippen LogP contribution in [0.4, 0.5) is 0 Å². The highest BCUT2D eigenvalue weighted by Gasteiger charge is 2.16. The van der Waals surface area contributed by atoms with Crippen LogP contribution in [0.3, 0.4) is 0 Å². The second-order valence-electron chi connectivity index (χ2n) is 4.96. The van der Waals surface area contributed by atoms with Crippen LogP contribution in [0.2, 0.25) is 0 Å². The van der Waals surface area contributed by atoms with Crippen molar-refractivity contribution in [3.63, 3.8) is 0 Å². The smallest absolute Gasteiger partial charge is 0.179 e. The summed E-state index contributed by atoms with van der Waals surface area (Å²) in [4.78, 5) is 13.0. The number of nitrogens with two attached hydrogens (primary N) is 1. The highest BCUT2D eigenvalue weighted by Crippen LogP contribution is 2.20. The van der Waals surface area contributed by atoms with Crippen molar-refractivity contribution in [1.82, 2.24) is 15.0 Å². The van der Waals surface area contributed by atoms with Crippen LogP contribution >= 0.6 is 0 Å². The molecule has 0 radical (unpaired) electrons. The van der Waals surface area contributed by atoms with Gasteiger partial charge in [0.1, 0.15) is 17.0 Å². The normalized spacial score (nSPS) is 11.7. The third kappa shape index (κ3) is 2.22. The number of hydrogen-bond donors (Lipinski definition) is 2. The molecule has 0 spiro atoms. The van der Waals surface area contributed by atoms with Crippen LogP contribution in [0, 0.1) is 5.41 Å². The summed E-state index contributed by atoms with van der Waals surface area (Å²) in [7, 11) is 0. The van der Waals surface area contributed by atoms with Gasteiger partial charge in [-0.15, -0.1) is 0 Å². The van der Waals surface area contributed by atoms with Crippen LogP contribution in [0.25, 0.3) is 11.2 Å². The van der Waals surface area contributed by atoms with Crippen LogP contribution in [-0.2, 0) is 5.41 Å². The van der Waals surface area contributed by atoms with Gasteiger partial charge in [0.05, 0.1) is 5.69 Å². The summed E-state index contributed by atoms with van der Waals surface area (Å²) < 4.78 is 0. The molecule has 0 unspecified atom stereocenters. The van der Waals surface area contributed by atoms with Gasteiger partial charge in [0, 0.05) is 11.6 Å². The summed E-state index contributed by atoms with van der Waals surface area (Å²) in [6.45, 7) is 6.20. The minimum atomic E-state index is -0.0743. The Balaban J connectivity index is 2.62. The molecule has 2 aromatic rings. The Morgan fingerprint density at radius 3 is 2.53 bits per heavy atom. The van der Waals surface area contributed by atoms with Crippen molar-refractivity contribution >= 4 is 17.0 Å². The second-order valence-corrected chi connectivity index (χ2v) is 4.96. The van der Waals surface area contributed by atoms with E-state index in [1.165, 1.54) is 0 Å². The molecular weight excluding hydrogens is 214 g/mol. The van der Waals surface area contributed by atoms with Gasteiger partial charge in [0.2, 0.25) is 0 Å². The zero-order chi connectivity index (χ0) is 12.6. The zero-order valence-corrected chi connectivity index (χ0v) is 10.2. The van der Waals surface area contributed by atoms with Gasteiger partial charge in [-0.2, -0.15) is 0 Å². The summed E-state index contributed by atoms with van der Waals surface area (Å²) in [5, 5.41) is 7.35. The molecule has 88 valence electrons. The number of nitrogens with zero attached hydrogens (tertiary/aromatic N) is 3. The summed E-state index contributed by atoms with van der Waals surface area (Å²) in [5.41, 5.74) is 7.87. The maximum atomic E-state index is 7.35. The predicted octanol–water partition coefficient (Wildman–Crippen LogP) is 1.61. The third-order valence-corrected chi connectivity index (χ3v) is 2.45. The molecule has 2 aromatic heterocycles. The van der Waals surface area contributed by atoms with Gasteiger partial charge in [-0.3, -0.25) is 10.4 Å². The number of nitrogen functional groups attached to an aromatic ring is 1. The monoisotopic (exact) mass is 229 g/mol. The molecule has 5 nitrogen and oxygen atoms in total. The van der Waals surface area contributed by atoms with Gasteiger partial charge < -0.3 is 5.73 Å². The largest absolute Gasteiger partial charge is 0.382 e. The molecule has 17 heavy (non-hydrogen) atoms. The van der Waals surface area contributed by atoms with Crippen molar-refractivity contribution in [3.05, 3.63) is 29.7 Å². The topological polar surface area (TPSA) is 88.5 Å². The molecule has 0 fully saturated rings. The zero-order valence-electron chi connectivity index (χ0n) is 10.2. The SMILES string of the molecule is CC(C)(C)c1cnc2ccc(C(=N)N)nc2n1. The molecule has 0 aliphatic heterocycles.